The Morgan fingerprint density at radius 3 is 2.36 bits per heavy atom. The molecular formula is C16H10ClF3N4O. The highest BCUT2D eigenvalue weighted by molar-refractivity contribution is 6.30. The summed E-state index contributed by atoms with van der Waals surface area (Å²) < 4.78 is 38.5. The van der Waals surface area contributed by atoms with Gasteiger partial charge in [-0.25, -0.2) is 4.68 Å². The predicted molar refractivity (Wildman–Crippen MR) is 86.1 cm³/mol. The Labute approximate surface area is 144 Å². The van der Waals surface area contributed by atoms with E-state index < -0.39 is 17.8 Å². The second-order valence-electron chi connectivity index (χ2n) is 5.11. The van der Waals surface area contributed by atoms with Gasteiger partial charge in [-0.2, -0.15) is 13.2 Å². The fourth-order valence-electron chi connectivity index (χ4n) is 2.16. The Hall–Kier alpha value is -2.87. The lowest BCUT2D eigenvalue weighted by molar-refractivity contribution is -0.141. The number of nitrogens with zero attached hydrogens (tertiary/aromatic N) is 3. The minimum Gasteiger partial charge on any atom is -0.382 e. The van der Waals surface area contributed by atoms with E-state index in [4.69, 9.17) is 17.3 Å². The van der Waals surface area contributed by atoms with Gasteiger partial charge in [0.1, 0.15) is 5.69 Å². The molecule has 3 aromatic rings. The highest BCUT2D eigenvalue weighted by Crippen LogP contribution is 2.28. The molecule has 0 radical (unpaired) electrons. The van der Waals surface area contributed by atoms with E-state index in [1.807, 2.05) is 0 Å². The number of nitrogen functional groups attached to an aromatic ring is 1. The Morgan fingerprint density at radius 2 is 1.80 bits per heavy atom. The Kier molecular flexibility index (Phi) is 4.22. The van der Waals surface area contributed by atoms with E-state index in [1.54, 1.807) is 24.3 Å². The molecular weight excluding hydrogens is 357 g/mol. The van der Waals surface area contributed by atoms with Gasteiger partial charge >= 0.3 is 6.18 Å². The SMILES string of the molecule is Nc1nn(C(=O)c2ccc(C(F)(F)F)nc2)cc1-c1ccc(Cl)cc1. The monoisotopic (exact) mass is 366 g/mol. The maximum absolute atomic E-state index is 12.5. The van der Waals surface area contributed by atoms with E-state index >= 15 is 0 Å². The fourth-order valence-corrected chi connectivity index (χ4v) is 2.29. The average molecular weight is 367 g/mol. The van der Waals surface area contributed by atoms with Crippen molar-refractivity contribution in [2.75, 3.05) is 5.73 Å². The van der Waals surface area contributed by atoms with Gasteiger partial charge in [0.05, 0.1) is 5.56 Å². The van der Waals surface area contributed by atoms with E-state index in [1.165, 1.54) is 6.20 Å². The van der Waals surface area contributed by atoms with Crippen LogP contribution in [0, 0.1) is 0 Å². The number of hydrogen-bond donors (Lipinski definition) is 1. The zero-order valence-corrected chi connectivity index (χ0v) is 13.2. The number of benzene rings is 1. The van der Waals surface area contributed by atoms with Crippen LogP contribution in [0.3, 0.4) is 0 Å². The molecule has 25 heavy (non-hydrogen) atoms. The molecule has 1 aromatic carbocycles. The number of hydrogen-bond acceptors (Lipinski definition) is 4. The van der Waals surface area contributed by atoms with E-state index in [0.717, 1.165) is 23.0 Å². The molecule has 2 heterocycles. The van der Waals surface area contributed by atoms with Gasteiger partial charge in [0, 0.05) is 23.0 Å². The molecule has 0 unspecified atom stereocenters. The third-order valence-corrected chi connectivity index (χ3v) is 3.66. The first kappa shape index (κ1) is 17.0. The molecule has 0 fully saturated rings. The zero-order chi connectivity index (χ0) is 18.2. The van der Waals surface area contributed by atoms with Crippen molar-refractivity contribution >= 4 is 23.3 Å². The number of halogens is 4. The van der Waals surface area contributed by atoms with Crippen molar-refractivity contribution in [2.45, 2.75) is 6.18 Å². The highest BCUT2D eigenvalue weighted by atomic mass is 35.5. The van der Waals surface area contributed by atoms with E-state index in [2.05, 4.69) is 10.1 Å². The molecule has 128 valence electrons. The first-order valence-electron chi connectivity index (χ1n) is 6.95. The fraction of sp³-hybridized carbons (Fsp3) is 0.0625. The number of anilines is 1. The molecule has 3 rings (SSSR count). The van der Waals surface area contributed by atoms with Gasteiger partial charge < -0.3 is 5.73 Å². The van der Waals surface area contributed by atoms with Crippen LogP contribution in [0.1, 0.15) is 16.1 Å². The van der Waals surface area contributed by atoms with E-state index in [-0.39, 0.29) is 11.4 Å². The number of alkyl halides is 3. The van der Waals surface area contributed by atoms with Gasteiger partial charge in [0.25, 0.3) is 5.91 Å². The van der Waals surface area contributed by atoms with Gasteiger partial charge in [-0.15, -0.1) is 5.10 Å². The standard InChI is InChI=1S/C16H10ClF3N4O/c17-11-4-1-9(2-5-11)12-8-24(23-14(12)21)15(25)10-3-6-13(22-7-10)16(18,19)20/h1-8H,(H2,21,23). The lowest BCUT2D eigenvalue weighted by Crippen LogP contribution is -2.15. The third-order valence-electron chi connectivity index (χ3n) is 3.41. The molecule has 0 saturated carbocycles. The first-order chi connectivity index (χ1) is 11.8. The molecule has 0 saturated heterocycles. The van der Waals surface area contributed by atoms with Crippen molar-refractivity contribution in [2.24, 2.45) is 0 Å². The van der Waals surface area contributed by atoms with Crippen molar-refractivity contribution in [3.05, 3.63) is 65.1 Å². The maximum Gasteiger partial charge on any atom is 0.433 e. The Bertz CT molecular complexity index is 918. The third kappa shape index (κ3) is 3.48. The normalized spacial score (nSPS) is 11.5. The van der Waals surface area contributed by atoms with Crippen molar-refractivity contribution in [1.82, 2.24) is 14.8 Å². The van der Waals surface area contributed by atoms with Crippen LogP contribution < -0.4 is 5.73 Å². The molecule has 9 heteroatoms. The number of rotatable bonds is 2. The summed E-state index contributed by atoms with van der Waals surface area (Å²) >= 11 is 5.83. The number of carbonyl (C=O) groups is 1. The summed E-state index contributed by atoms with van der Waals surface area (Å²) in [5.74, 6) is -0.538. The zero-order valence-electron chi connectivity index (χ0n) is 12.5. The minimum absolute atomic E-state index is 0.0434. The summed E-state index contributed by atoms with van der Waals surface area (Å²) in [5, 5.41) is 4.46. The molecule has 2 N–H and O–H groups in total. The average Bonchev–Trinajstić information content (AvgIpc) is 2.96. The van der Waals surface area contributed by atoms with Crippen LogP contribution in [-0.4, -0.2) is 20.7 Å². The summed E-state index contributed by atoms with van der Waals surface area (Å²) in [6.45, 7) is 0. The molecule has 0 atom stereocenters. The number of nitrogens with two attached hydrogens (primary N) is 1. The molecule has 0 spiro atoms. The second kappa shape index (κ2) is 6.21. The van der Waals surface area contributed by atoms with Crippen LogP contribution in [0.5, 0.6) is 0 Å². The molecule has 0 bridgehead atoms. The predicted octanol–water partition coefficient (Wildman–Crippen LogP) is 3.89. The number of aromatic nitrogens is 3. The summed E-state index contributed by atoms with van der Waals surface area (Å²) in [6, 6.07) is 8.52. The summed E-state index contributed by atoms with van der Waals surface area (Å²) in [7, 11) is 0. The maximum atomic E-state index is 12.5. The highest BCUT2D eigenvalue weighted by Gasteiger charge is 2.32. The molecule has 0 aliphatic carbocycles. The van der Waals surface area contributed by atoms with Gasteiger partial charge in [-0.3, -0.25) is 9.78 Å². The lowest BCUT2D eigenvalue weighted by Gasteiger charge is -2.06. The minimum atomic E-state index is -4.57. The van der Waals surface area contributed by atoms with E-state index in [0.29, 0.717) is 16.1 Å². The summed E-state index contributed by atoms with van der Waals surface area (Å²) in [4.78, 5) is 15.6. The van der Waals surface area contributed by atoms with Crippen molar-refractivity contribution < 1.29 is 18.0 Å². The largest absolute Gasteiger partial charge is 0.433 e. The molecule has 2 aromatic heterocycles. The lowest BCUT2D eigenvalue weighted by atomic mass is 10.1. The molecule has 0 aliphatic heterocycles. The number of pyridine rings is 1. The van der Waals surface area contributed by atoms with E-state index in [9.17, 15) is 18.0 Å². The topological polar surface area (TPSA) is 73.8 Å². The van der Waals surface area contributed by atoms with Gasteiger partial charge in [-0.1, -0.05) is 23.7 Å². The molecule has 5 nitrogen and oxygen atoms in total. The molecule has 0 amide bonds. The Balaban J connectivity index is 1.91. The van der Waals surface area contributed by atoms with Crippen LogP contribution in [0.2, 0.25) is 5.02 Å². The quantitative estimate of drug-likeness (QED) is 0.746. The Morgan fingerprint density at radius 1 is 1.12 bits per heavy atom. The van der Waals surface area contributed by atoms with Gasteiger partial charge in [-0.05, 0) is 29.8 Å². The van der Waals surface area contributed by atoms with Crippen molar-refractivity contribution in [1.29, 1.82) is 0 Å². The first-order valence-corrected chi connectivity index (χ1v) is 7.32. The number of carbonyl (C=O) groups excluding carboxylic acids is 1. The van der Waals surface area contributed by atoms with Crippen LogP contribution in [0.25, 0.3) is 11.1 Å². The van der Waals surface area contributed by atoms with Gasteiger partial charge in [0.15, 0.2) is 5.82 Å². The molecule has 0 aliphatic rings. The van der Waals surface area contributed by atoms with Crippen molar-refractivity contribution in [3.63, 3.8) is 0 Å². The summed E-state index contributed by atoms with van der Waals surface area (Å²) in [6.07, 6.45) is -2.32. The summed E-state index contributed by atoms with van der Waals surface area (Å²) in [5.41, 5.74) is 5.91. The van der Waals surface area contributed by atoms with Crippen LogP contribution in [0.4, 0.5) is 19.0 Å². The van der Waals surface area contributed by atoms with Crippen LogP contribution in [-0.2, 0) is 6.18 Å². The van der Waals surface area contributed by atoms with Crippen LogP contribution >= 0.6 is 11.6 Å². The smallest absolute Gasteiger partial charge is 0.382 e. The second-order valence-corrected chi connectivity index (χ2v) is 5.55. The van der Waals surface area contributed by atoms with Crippen LogP contribution in [0.15, 0.2) is 48.8 Å². The van der Waals surface area contributed by atoms with Gasteiger partial charge in [0.2, 0.25) is 0 Å². The van der Waals surface area contributed by atoms with Crippen molar-refractivity contribution in [3.8, 4) is 11.1 Å².